The van der Waals surface area contributed by atoms with Crippen LogP contribution in [0.25, 0.3) is 11.5 Å². The van der Waals surface area contributed by atoms with Gasteiger partial charge in [0.1, 0.15) is 5.75 Å². The molecule has 0 aliphatic carbocycles. The Bertz CT molecular complexity index is 1340. The van der Waals surface area contributed by atoms with E-state index in [2.05, 4.69) is 31.1 Å². The number of thioether (sulfide) groups is 1. The zero-order chi connectivity index (χ0) is 24.2. The van der Waals surface area contributed by atoms with Gasteiger partial charge in [-0.15, -0.1) is 10.2 Å². The number of aromatic nitrogens is 3. The van der Waals surface area contributed by atoms with Crippen molar-refractivity contribution in [3.63, 3.8) is 0 Å². The van der Waals surface area contributed by atoms with Crippen LogP contribution in [0.2, 0.25) is 0 Å². The molecule has 35 heavy (non-hydrogen) atoms. The number of hydrazone groups is 1. The van der Waals surface area contributed by atoms with E-state index in [0.29, 0.717) is 17.5 Å². The van der Waals surface area contributed by atoms with E-state index in [1.807, 2.05) is 54.6 Å². The first-order valence-electron chi connectivity index (χ1n) is 10.8. The van der Waals surface area contributed by atoms with Gasteiger partial charge in [0.2, 0.25) is 5.89 Å². The fourth-order valence-electron chi connectivity index (χ4n) is 3.71. The normalized spacial score (nSPS) is 15.2. The summed E-state index contributed by atoms with van der Waals surface area (Å²) in [5.74, 6) is 1.08. The van der Waals surface area contributed by atoms with Gasteiger partial charge in [-0.3, -0.25) is 9.78 Å². The topological polar surface area (TPSA) is 93.7 Å². The van der Waals surface area contributed by atoms with E-state index in [9.17, 15) is 4.79 Å². The summed E-state index contributed by atoms with van der Waals surface area (Å²) in [4.78, 5) is 17.4. The van der Waals surface area contributed by atoms with Gasteiger partial charge in [0, 0.05) is 23.3 Å². The predicted molar refractivity (Wildman–Crippen MR) is 136 cm³/mol. The number of carbonyl (C=O) groups excluding carboxylic acids is 1. The maximum Gasteiger partial charge on any atom is 0.277 e. The molecule has 0 spiro atoms. The van der Waals surface area contributed by atoms with Crippen LogP contribution in [0.15, 0.2) is 92.3 Å². The van der Waals surface area contributed by atoms with E-state index in [1.54, 1.807) is 30.6 Å². The molecule has 1 atom stereocenters. The Balaban J connectivity index is 1.35. The van der Waals surface area contributed by atoms with E-state index >= 15 is 0 Å². The number of amides is 1. The summed E-state index contributed by atoms with van der Waals surface area (Å²) in [6, 6.07) is 19.1. The van der Waals surface area contributed by atoms with Crippen LogP contribution < -0.4 is 4.74 Å². The van der Waals surface area contributed by atoms with Gasteiger partial charge in [-0.25, -0.2) is 5.01 Å². The zero-order valence-electron chi connectivity index (χ0n) is 18.7. The lowest BCUT2D eigenvalue weighted by molar-refractivity contribution is -0.130. The molecule has 176 valence electrons. The first kappa shape index (κ1) is 23.3. The average molecular weight is 550 g/mol. The molecule has 0 saturated heterocycles. The molecule has 0 saturated carbocycles. The summed E-state index contributed by atoms with van der Waals surface area (Å²) < 4.78 is 12.0. The Labute approximate surface area is 214 Å². The molecule has 5 rings (SSSR count). The number of nitrogens with zero attached hydrogens (tertiary/aromatic N) is 5. The fourth-order valence-corrected chi connectivity index (χ4v) is 4.59. The Hall–Kier alpha value is -3.50. The molecule has 3 heterocycles. The molecular weight excluding hydrogens is 530 g/mol. The van der Waals surface area contributed by atoms with Crippen molar-refractivity contribution >= 4 is 39.3 Å². The molecule has 1 unspecified atom stereocenters. The minimum Gasteiger partial charge on any atom is -0.497 e. The average Bonchev–Trinajstić information content (AvgIpc) is 3.56. The number of hydrogen-bond donors (Lipinski definition) is 0. The van der Waals surface area contributed by atoms with Gasteiger partial charge < -0.3 is 9.15 Å². The third-order valence-electron chi connectivity index (χ3n) is 5.48. The van der Waals surface area contributed by atoms with Gasteiger partial charge >= 0.3 is 0 Å². The summed E-state index contributed by atoms with van der Waals surface area (Å²) in [6.45, 7) is 0. The van der Waals surface area contributed by atoms with E-state index < -0.39 is 0 Å². The lowest BCUT2D eigenvalue weighted by Crippen LogP contribution is -2.28. The largest absolute Gasteiger partial charge is 0.497 e. The first-order valence-corrected chi connectivity index (χ1v) is 12.5. The van der Waals surface area contributed by atoms with Crippen LogP contribution in [0, 0.1) is 0 Å². The molecular formula is C25H20BrN5O3S. The molecule has 0 N–H and O–H groups in total. The summed E-state index contributed by atoms with van der Waals surface area (Å²) in [5, 5.41) is 14.7. The summed E-state index contributed by atoms with van der Waals surface area (Å²) >= 11 is 4.65. The van der Waals surface area contributed by atoms with Gasteiger partial charge in [0.25, 0.3) is 11.1 Å². The zero-order valence-corrected chi connectivity index (χ0v) is 21.1. The Morgan fingerprint density at radius 3 is 2.63 bits per heavy atom. The number of carbonyl (C=O) groups is 1. The highest BCUT2D eigenvalue weighted by atomic mass is 79.9. The molecule has 1 aliphatic heterocycles. The van der Waals surface area contributed by atoms with Gasteiger partial charge in [-0.05, 0) is 47.5 Å². The van der Waals surface area contributed by atoms with Crippen molar-refractivity contribution in [3.8, 4) is 17.2 Å². The van der Waals surface area contributed by atoms with Crippen LogP contribution in [0.4, 0.5) is 0 Å². The maximum absolute atomic E-state index is 13.3. The van der Waals surface area contributed by atoms with Crippen LogP contribution in [-0.4, -0.2) is 44.7 Å². The number of ether oxygens (including phenoxy) is 1. The SMILES string of the molecule is COc1ccc(C2CC(c3ccc(Br)cc3)=NN2C(=O)CSc2nnc(-c3cccnc3)o2)cc1. The van der Waals surface area contributed by atoms with Crippen LogP contribution in [-0.2, 0) is 4.79 Å². The third-order valence-corrected chi connectivity index (χ3v) is 6.81. The van der Waals surface area contributed by atoms with Crippen LogP contribution in [0.5, 0.6) is 5.75 Å². The third kappa shape index (κ3) is 5.28. The van der Waals surface area contributed by atoms with E-state index in [4.69, 9.17) is 14.3 Å². The molecule has 0 radical (unpaired) electrons. The lowest BCUT2D eigenvalue weighted by Gasteiger charge is -2.22. The monoisotopic (exact) mass is 549 g/mol. The van der Waals surface area contributed by atoms with Crippen LogP contribution in [0.1, 0.15) is 23.6 Å². The maximum atomic E-state index is 13.3. The number of pyridine rings is 1. The summed E-state index contributed by atoms with van der Waals surface area (Å²) in [6.07, 6.45) is 3.93. The molecule has 8 nitrogen and oxygen atoms in total. The highest BCUT2D eigenvalue weighted by Crippen LogP contribution is 2.35. The van der Waals surface area contributed by atoms with Crippen molar-refractivity contribution in [1.82, 2.24) is 20.2 Å². The fraction of sp³-hybridized carbons (Fsp3) is 0.160. The molecule has 2 aromatic carbocycles. The molecule has 0 fully saturated rings. The molecule has 10 heteroatoms. The predicted octanol–water partition coefficient (Wildman–Crippen LogP) is 5.37. The highest BCUT2D eigenvalue weighted by Gasteiger charge is 2.33. The summed E-state index contributed by atoms with van der Waals surface area (Å²) in [7, 11) is 1.63. The Morgan fingerprint density at radius 1 is 1.11 bits per heavy atom. The first-order chi connectivity index (χ1) is 17.1. The highest BCUT2D eigenvalue weighted by molar-refractivity contribution is 9.10. The van der Waals surface area contributed by atoms with Crippen molar-refractivity contribution < 1.29 is 13.9 Å². The number of hydrogen-bond acceptors (Lipinski definition) is 8. The minimum atomic E-state index is -0.221. The molecule has 0 bridgehead atoms. The van der Waals surface area contributed by atoms with Gasteiger partial charge in [0.15, 0.2) is 0 Å². The van der Waals surface area contributed by atoms with E-state index in [-0.39, 0.29) is 17.7 Å². The van der Waals surface area contributed by atoms with Crippen molar-refractivity contribution in [2.75, 3.05) is 12.9 Å². The molecule has 1 amide bonds. The second-order valence-electron chi connectivity index (χ2n) is 7.69. The van der Waals surface area contributed by atoms with Crippen molar-refractivity contribution in [3.05, 3.63) is 88.7 Å². The minimum absolute atomic E-state index is 0.110. The quantitative estimate of drug-likeness (QED) is 0.286. The van der Waals surface area contributed by atoms with Crippen molar-refractivity contribution in [1.29, 1.82) is 0 Å². The Morgan fingerprint density at radius 2 is 1.91 bits per heavy atom. The second kappa shape index (κ2) is 10.4. The van der Waals surface area contributed by atoms with Crippen molar-refractivity contribution in [2.24, 2.45) is 5.10 Å². The van der Waals surface area contributed by atoms with Gasteiger partial charge in [-0.1, -0.05) is 52.0 Å². The number of methoxy groups -OCH3 is 1. The second-order valence-corrected chi connectivity index (χ2v) is 9.53. The molecule has 4 aromatic rings. The van der Waals surface area contributed by atoms with E-state index in [0.717, 1.165) is 32.6 Å². The smallest absolute Gasteiger partial charge is 0.277 e. The number of halogens is 1. The standard InChI is InChI=1S/C25H20BrN5O3S/c1-33-20-10-6-17(7-11-20)22-13-21(16-4-8-19(26)9-5-16)30-31(22)23(32)15-35-25-29-28-24(34-25)18-3-2-12-27-14-18/h2-12,14,22H,13,15H2,1H3. The van der Waals surface area contributed by atoms with Crippen LogP contribution in [0.3, 0.4) is 0 Å². The van der Waals surface area contributed by atoms with E-state index in [1.165, 1.54) is 11.8 Å². The molecule has 2 aromatic heterocycles. The number of benzene rings is 2. The van der Waals surface area contributed by atoms with Crippen LogP contribution >= 0.6 is 27.7 Å². The summed E-state index contributed by atoms with van der Waals surface area (Å²) in [5.41, 5.74) is 3.54. The Kier molecular flexibility index (Phi) is 6.91. The lowest BCUT2D eigenvalue weighted by atomic mass is 9.98. The van der Waals surface area contributed by atoms with Gasteiger partial charge in [0.05, 0.1) is 30.2 Å². The molecule has 1 aliphatic rings. The van der Waals surface area contributed by atoms with Crippen molar-refractivity contribution in [2.45, 2.75) is 17.7 Å². The van der Waals surface area contributed by atoms with Gasteiger partial charge in [-0.2, -0.15) is 5.10 Å². The number of rotatable bonds is 7.